The zero-order chi connectivity index (χ0) is 18.8. The van der Waals surface area contributed by atoms with Gasteiger partial charge in [0.05, 0.1) is 25.7 Å². The summed E-state index contributed by atoms with van der Waals surface area (Å²) in [4.78, 5) is 23.8. The Morgan fingerprint density at radius 3 is 2.41 bits per heavy atom. The normalized spacial score (nSPS) is 15.3. The molecule has 1 aliphatic heterocycles. The molecule has 0 radical (unpaired) electrons. The molecule has 0 bridgehead atoms. The molecular weight excluding hydrogens is 372 g/mol. The third-order valence-electron chi connectivity index (χ3n) is 4.60. The number of benzene rings is 1. The quantitative estimate of drug-likeness (QED) is 0.489. The number of esters is 1. The van der Waals surface area contributed by atoms with E-state index in [4.69, 9.17) is 9.47 Å². The summed E-state index contributed by atoms with van der Waals surface area (Å²) >= 11 is 0. The second-order valence-corrected chi connectivity index (χ2v) is 6.47. The van der Waals surface area contributed by atoms with E-state index in [0.717, 1.165) is 31.6 Å². The molecule has 27 heavy (non-hydrogen) atoms. The summed E-state index contributed by atoms with van der Waals surface area (Å²) in [5, 5.41) is 6.27. The van der Waals surface area contributed by atoms with Crippen molar-refractivity contribution in [3.63, 3.8) is 0 Å². The van der Waals surface area contributed by atoms with Crippen LogP contribution in [0.4, 0.5) is 5.69 Å². The molecule has 1 aromatic rings. The first-order chi connectivity index (χ1) is 12.6. The topological polar surface area (TPSA) is 85.9 Å². The Bertz CT molecular complexity index is 583. The first-order valence-corrected chi connectivity index (χ1v) is 8.90. The lowest BCUT2D eigenvalue weighted by atomic mass is 9.78. The Labute approximate surface area is 166 Å². The number of amides is 1. The molecule has 8 heteroatoms. The highest BCUT2D eigenvalue weighted by Gasteiger charge is 2.39. The van der Waals surface area contributed by atoms with Crippen molar-refractivity contribution in [3.8, 4) is 5.75 Å². The molecule has 0 aliphatic carbocycles. The molecule has 152 valence electrons. The van der Waals surface area contributed by atoms with Crippen LogP contribution in [0.5, 0.6) is 5.75 Å². The fourth-order valence-corrected chi connectivity index (χ4v) is 3.03. The van der Waals surface area contributed by atoms with Crippen molar-refractivity contribution in [3.05, 3.63) is 24.3 Å². The molecular formula is C19H29ClN2O5. The number of hydrogen-bond donors (Lipinski definition) is 2. The lowest BCUT2D eigenvalue weighted by Crippen LogP contribution is -2.47. The van der Waals surface area contributed by atoms with Crippen molar-refractivity contribution in [2.45, 2.75) is 25.7 Å². The Balaban J connectivity index is 0.00000364. The highest BCUT2D eigenvalue weighted by atomic mass is 35.5. The summed E-state index contributed by atoms with van der Waals surface area (Å²) in [5.41, 5.74) is 0.245. The van der Waals surface area contributed by atoms with Gasteiger partial charge in [-0.1, -0.05) is 0 Å². The van der Waals surface area contributed by atoms with Crippen molar-refractivity contribution in [2.75, 3.05) is 45.8 Å². The van der Waals surface area contributed by atoms with Gasteiger partial charge in [0.15, 0.2) is 0 Å². The Morgan fingerprint density at radius 1 is 1.15 bits per heavy atom. The van der Waals surface area contributed by atoms with Gasteiger partial charge in [-0.2, -0.15) is 0 Å². The van der Waals surface area contributed by atoms with E-state index in [9.17, 15) is 9.59 Å². The monoisotopic (exact) mass is 400 g/mol. The van der Waals surface area contributed by atoms with Gasteiger partial charge in [0.25, 0.3) is 0 Å². The Hall–Kier alpha value is -1.83. The minimum Gasteiger partial charge on any atom is -0.494 e. The molecule has 0 aromatic heterocycles. The van der Waals surface area contributed by atoms with Crippen LogP contribution in [0.15, 0.2) is 24.3 Å². The number of hydrogen-bond acceptors (Lipinski definition) is 6. The molecule has 0 atom stereocenters. The summed E-state index contributed by atoms with van der Waals surface area (Å²) in [6.45, 7) is 2.48. The van der Waals surface area contributed by atoms with Gasteiger partial charge < -0.3 is 24.8 Å². The maximum Gasteiger partial charge on any atom is 0.305 e. The molecule has 1 fully saturated rings. The number of anilines is 1. The largest absolute Gasteiger partial charge is 0.494 e. The number of ether oxygens (including phenoxy) is 3. The lowest BCUT2D eigenvalue weighted by Gasteiger charge is -2.35. The zero-order valence-corrected chi connectivity index (χ0v) is 16.7. The molecule has 0 spiro atoms. The molecule has 0 saturated carbocycles. The number of piperidine rings is 1. The van der Waals surface area contributed by atoms with Crippen molar-refractivity contribution in [1.29, 1.82) is 0 Å². The van der Waals surface area contributed by atoms with E-state index in [1.54, 1.807) is 19.2 Å². The van der Waals surface area contributed by atoms with Crippen LogP contribution in [0.3, 0.4) is 0 Å². The van der Waals surface area contributed by atoms with Crippen molar-refractivity contribution < 1.29 is 23.8 Å². The Kier molecular flexibility index (Phi) is 10.1. The molecule has 1 aromatic carbocycles. The van der Waals surface area contributed by atoms with Crippen LogP contribution in [0.1, 0.15) is 25.7 Å². The van der Waals surface area contributed by atoms with Gasteiger partial charge >= 0.3 is 5.97 Å². The SMILES string of the molecule is COCC1(C(=O)Nc2ccc(OCCCC(=O)OC)cc2)CCNCC1.Cl. The fraction of sp³-hybridized carbons (Fsp3) is 0.579. The average Bonchev–Trinajstić information content (AvgIpc) is 2.67. The standard InChI is InChI=1S/C19H28N2O5.ClH/c1-24-14-19(9-11-20-12-10-19)18(23)21-15-5-7-16(8-6-15)26-13-3-4-17(22)25-2;/h5-8,20H,3-4,9-14H2,1-2H3,(H,21,23);1H. The summed E-state index contributed by atoms with van der Waals surface area (Å²) in [7, 11) is 3.00. The summed E-state index contributed by atoms with van der Waals surface area (Å²) < 4.78 is 15.5. The number of rotatable bonds is 9. The highest BCUT2D eigenvalue weighted by Crippen LogP contribution is 2.31. The summed E-state index contributed by atoms with van der Waals surface area (Å²) in [6.07, 6.45) is 2.45. The molecule has 1 amide bonds. The van der Waals surface area contributed by atoms with Gasteiger partial charge in [0.2, 0.25) is 5.91 Å². The predicted octanol–water partition coefficient (Wildman–Crippen LogP) is 2.40. The second kappa shape index (κ2) is 11.8. The molecule has 2 rings (SSSR count). The maximum absolute atomic E-state index is 12.8. The third-order valence-corrected chi connectivity index (χ3v) is 4.60. The molecule has 1 heterocycles. The van der Waals surface area contributed by atoms with E-state index >= 15 is 0 Å². The average molecular weight is 401 g/mol. The molecule has 7 nitrogen and oxygen atoms in total. The number of carbonyl (C=O) groups is 2. The van der Waals surface area contributed by atoms with Crippen LogP contribution in [0.2, 0.25) is 0 Å². The summed E-state index contributed by atoms with van der Waals surface area (Å²) in [5.74, 6) is 0.448. The summed E-state index contributed by atoms with van der Waals surface area (Å²) in [6, 6.07) is 7.24. The van der Waals surface area contributed by atoms with Gasteiger partial charge in [0, 0.05) is 19.2 Å². The van der Waals surface area contributed by atoms with Gasteiger partial charge in [0.1, 0.15) is 5.75 Å². The fourth-order valence-electron chi connectivity index (χ4n) is 3.03. The van der Waals surface area contributed by atoms with Gasteiger partial charge in [-0.05, 0) is 56.6 Å². The van der Waals surface area contributed by atoms with Gasteiger partial charge in [-0.3, -0.25) is 9.59 Å². The first-order valence-electron chi connectivity index (χ1n) is 8.90. The number of halogens is 1. The number of nitrogens with one attached hydrogen (secondary N) is 2. The smallest absolute Gasteiger partial charge is 0.305 e. The van der Waals surface area contributed by atoms with Crippen LogP contribution in [0.25, 0.3) is 0 Å². The second-order valence-electron chi connectivity index (χ2n) is 6.47. The zero-order valence-electron chi connectivity index (χ0n) is 15.9. The molecule has 0 unspecified atom stereocenters. The van der Waals surface area contributed by atoms with Crippen molar-refractivity contribution >= 4 is 30.0 Å². The van der Waals surface area contributed by atoms with Crippen LogP contribution in [-0.4, -0.2) is 52.4 Å². The molecule has 1 aliphatic rings. The van der Waals surface area contributed by atoms with E-state index < -0.39 is 5.41 Å². The number of carbonyl (C=O) groups excluding carboxylic acids is 2. The van der Waals surface area contributed by atoms with Crippen molar-refractivity contribution in [2.24, 2.45) is 5.41 Å². The molecule has 1 saturated heterocycles. The van der Waals surface area contributed by atoms with E-state index in [2.05, 4.69) is 15.4 Å². The minimum atomic E-state index is -0.483. The molecule has 2 N–H and O–H groups in total. The Morgan fingerprint density at radius 2 is 1.81 bits per heavy atom. The van der Waals surface area contributed by atoms with Crippen LogP contribution >= 0.6 is 12.4 Å². The third kappa shape index (κ3) is 7.01. The van der Waals surface area contributed by atoms with Crippen LogP contribution in [0, 0.1) is 5.41 Å². The number of methoxy groups -OCH3 is 2. The van der Waals surface area contributed by atoms with Crippen LogP contribution in [-0.2, 0) is 19.1 Å². The minimum absolute atomic E-state index is 0. The van der Waals surface area contributed by atoms with Crippen LogP contribution < -0.4 is 15.4 Å². The maximum atomic E-state index is 12.8. The van der Waals surface area contributed by atoms with Crippen molar-refractivity contribution in [1.82, 2.24) is 5.32 Å². The predicted molar refractivity (Wildman–Crippen MR) is 105 cm³/mol. The van der Waals surface area contributed by atoms with Gasteiger partial charge in [-0.25, -0.2) is 0 Å². The van der Waals surface area contributed by atoms with E-state index in [-0.39, 0.29) is 24.3 Å². The first kappa shape index (κ1) is 23.2. The van der Waals surface area contributed by atoms with E-state index in [1.807, 2.05) is 12.1 Å². The highest BCUT2D eigenvalue weighted by molar-refractivity contribution is 5.95. The van der Waals surface area contributed by atoms with Gasteiger partial charge in [-0.15, -0.1) is 12.4 Å². The van der Waals surface area contributed by atoms with E-state index in [1.165, 1.54) is 7.11 Å². The van der Waals surface area contributed by atoms with E-state index in [0.29, 0.717) is 31.8 Å². The lowest BCUT2D eigenvalue weighted by molar-refractivity contribution is -0.140.